The summed E-state index contributed by atoms with van der Waals surface area (Å²) in [7, 11) is 0. The summed E-state index contributed by atoms with van der Waals surface area (Å²) in [6.07, 6.45) is 10.6. The largest absolute Gasteiger partial charge is 0.506 e. The molecule has 6 amide bonds. The number of thioether (sulfide) groups is 1. The molecule has 1 heterocycles. The van der Waals surface area contributed by atoms with Crippen LogP contribution in [0.25, 0.3) is 0 Å². The lowest BCUT2D eigenvalue weighted by Crippen LogP contribution is -2.54. The van der Waals surface area contributed by atoms with E-state index in [9.17, 15) is 28.8 Å². The maximum Gasteiger partial charge on any atom is 0.506 e. The van der Waals surface area contributed by atoms with Crippen LogP contribution in [0, 0.1) is 5.92 Å². The van der Waals surface area contributed by atoms with Crippen LogP contribution in [0.3, 0.4) is 0 Å². The van der Waals surface area contributed by atoms with E-state index in [0.717, 1.165) is 17.7 Å². The monoisotopic (exact) mass is 815 g/mol. The quantitative estimate of drug-likeness (QED) is 0.0316. The van der Waals surface area contributed by atoms with Crippen molar-refractivity contribution < 1.29 is 38.6 Å². The number of benzene rings is 1. The van der Waals surface area contributed by atoms with Gasteiger partial charge in [-0.2, -0.15) is 0 Å². The first-order valence-corrected chi connectivity index (χ1v) is 20.9. The Morgan fingerprint density at radius 1 is 0.825 bits per heavy atom. The van der Waals surface area contributed by atoms with Crippen molar-refractivity contribution in [2.45, 2.75) is 141 Å². The first-order valence-electron chi connectivity index (χ1n) is 20.0. The summed E-state index contributed by atoms with van der Waals surface area (Å²) in [5.41, 5.74) is 6.63. The fourth-order valence-electron chi connectivity index (χ4n) is 5.39. The maximum atomic E-state index is 13.4. The summed E-state index contributed by atoms with van der Waals surface area (Å²) in [5.74, 6) is -1.85. The van der Waals surface area contributed by atoms with Crippen LogP contribution >= 0.6 is 11.8 Å². The van der Waals surface area contributed by atoms with Gasteiger partial charge in [-0.15, -0.1) is 11.8 Å². The minimum Gasteiger partial charge on any atom is -0.450 e. The second-order valence-electron chi connectivity index (χ2n) is 13.9. The Kier molecular flexibility index (Phi) is 25.9. The Morgan fingerprint density at radius 2 is 1.49 bits per heavy atom. The first kappa shape index (κ1) is 50.2. The highest BCUT2D eigenvalue weighted by molar-refractivity contribution is 8.00. The van der Waals surface area contributed by atoms with E-state index >= 15 is 0 Å². The normalized spacial score (nSPS) is 11.7. The van der Waals surface area contributed by atoms with Gasteiger partial charge in [-0.3, -0.25) is 24.2 Å². The minimum atomic E-state index is -1.40. The van der Waals surface area contributed by atoms with Crippen LogP contribution in [0.2, 0.25) is 0 Å². The molecule has 0 fully saturated rings. The zero-order chi connectivity index (χ0) is 42.6. The number of ether oxygens (including phenoxy) is 1. The Labute approximate surface area is 342 Å². The Bertz CT molecular complexity index is 1520. The number of pyridine rings is 1. The molecule has 0 aliphatic heterocycles. The van der Waals surface area contributed by atoms with Gasteiger partial charge in [0.1, 0.15) is 18.7 Å². The van der Waals surface area contributed by atoms with Crippen molar-refractivity contribution >= 4 is 53.3 Å². The van der Waals surface area contributed by atoms with Crippen LogP contribution < -0.4 is 32.3 Å². The highest BCUT2D eigenvalue weighted by Crippen LogP contribution is 2.27. The molecule has 15 nitrogen and oxygen atoms in total. The zero-order valence-electron chi connectivity index (χ0n) is 34.5. The van der Waals surface area contributed by atoms with Crippen LogP contribution in [0.1, 0.15) is 128 Å². The van der Waals surface area contributed by atoms with Crippen molar-refractivity contribution in [2.24, 2.45) is 11.7 Å². The van der Waals surface area contributed by atoms with E-state index in [1.165, 1.54) is 19.3 Å². The summed E-state index contributed by atoms with van der Waals surface area (Å²) < 4.78 is 4.54. The number of aromatic nitrogens is 1. The summed E-state index contributed by atoms with van der Waals surface area (Å²) in [6.45, 7) is 12.7. The molecule has 16 heteroatoms. The zero-order valence-corrected chi connectivity index (χ0v) is 35.3. The molecule has 2 atom stereocenters. The molecule has 0 spiro atoms. The molecule has 318 valence electrons. The number of unbranched alkanes of at least 4 members (excludes halogenated alkanes) is 4. The molecule has 0 aliphatic carbocycles. The van der Waals surface area contributed by atoms with Gasteiger partial charge in [0, 0.05) is 47.7 Å². The molecular formula is C41H65N7O8S. The molecule has 57 heavy (non-hydrogen) atoms. The molecule has 8 N–H and O–H groups in total. The predicted molar refractivity (Wildman–Crippen MR) is 224 cm³/mol. The van der Waals surface area contributed by atoms with E-state index in [-0.39, 0.29) is 43.7 Å². The lowest BCUT2D eigenvalue weighted by Gasteiger charge is -2.25. The molecule has 1 aromatic heterocycles. The first-order chi connectivity index (χ1) is 27.2. The number of amides is 6. The van der Waals surface area contributed by atoms with Crippen molar-refractivity contribution in [3.8, 4) is 0 Å². The number of carboxylic acid groups (broad SMARTS) is 1. The Hall–Kier alpha value is -4.86. The third-order valence-electron chi connectivity index (χ3n) is 8.71. The lowest BCUT2D eigenvalue weighted by molar-refractivity contribution is -0.132. The van der Waals surface area contributed by atoms with Gasteiger partial charge >= 0.3 is 12.2 Å². The number of carbonyl (C=O) groups excluding carboxylic acids is 5. The highest BCUT2D eigenvalue weighted by atomic mass is 32.2. The average molecular weight is 816 g/mol. The van der Waals surface area contributed by atoms with Crippen molar-refractivity contribution in [3.05, 3.63) is 53.9 Å². The molecule has 2 rings (SSSR count). The van der Waals surface area contributed by atoms with Gasteiger partial charge in [0.15, 0.2) is 0 Å². The SMILES string of the molecule is CCC(CC)Sc1cncc(C(=O)NCCCCCC(=O)NC(C(=O)NC(CCCNC(N)=O)C(=O)Nc2ccc(COC(=O)O)cc2)C(C)C)c1.CCCCC. The van der Waals surface area contributed by atoms with Crippen molar-refractivity contribution in [3.63, 3.8) is 0 Å². The van der Waals surface area contributed by atoms with Crippen LogP contribution in [0.5, 0.6) is 0 Å². The molecule has 0 saturated carbocycles. The van der Waals surface area contributed by atoms with E-state index in [0.29, 0.717) is 54.3 Å². The van der Waals surface area contributed by atoms with E-state index in [2.05, 4.69) is 64.0 Å². The molecule has 2 unspecified atom stereocenters. The van der Waals surface area contributed by atoms with Crippen LogP contribution in [0.15, 0.2) is 47.6 Å². The van der Waals surface area contributed by atoms with Gasteiger partial charge in [-0.1, -0.05) is 79.4 Å². The number of nitrogens with zero attached hydrogens (tertiary/aromatic N) is 1. The average Bonchev–Trinajstić information content (AvgIpc) is 3.18. The van der Waals surface area contributed by atoms with E-state index < -0.39 is 36.1 Å². The number of nitrogens with one attached hydrogen (secondary N) is 5. The summed E-state index contributed by atoms with van der Waals surface area (Å²) in [6, 6.07) is 5.56. The summed E-state index contributed by atoms with van der Waals surface area (Å²) in [5, 5.41) is 22.8. The highest BCUT2D eigenvalue weighted by Gasteiger charge is 2.29. The smallest absolute Gasteiger partial charge is 0.450 e. The topological polar surface area (TPSA) is 231 Å². The molecule has 0 aliphatic rings. The van der Waals surface area contributed by atoms with Crippen molar-refractivity contribution in [2.75, 3.05) is 18.4 Å². The van der Waals surface area contributed by atoms with E-state index in [4.69, 9.17) is 10.8 Å². The van der Waals surface area contributed by atoms with Gasteiger partial charge in [0.05, 0.1) is 5.56 Å². The van der Waals surface area contributed by atoms with Crippen LogP contribution in [-0.2, 0) is 25.7 Å². The second kappa shape index (κ2) is 29.4. The standard InChI is InChI=1S/C36H53N7O8S.C5H12/c1-5-27(6-2)52-28-19-25(20-38-21-28)32(45)39-17-9-7-8-12-30(44)43-31(23(3)4)34(47)42-29(11-10-18-40-35(37)48)33(46)41-26-15-13-24(14-16-26)22-51-36(49)50;1-3-5-4-2/h13-16,19-21,23,27,29,31H,5-12,17-18,22H2,1-4H3,(H,39,45)(H,41,46)(H,42,47)(H,43,44)(H,49,50)(H3,37,40,48);3-5H2,1-2H3. The number of primary amides is 1. The molecule has 0 bridgehead atoms. The van der Waals surface area contributed by atoms with Crippen LogP contribution in [0.4, 0.5) is 15.3 Å². The van der Waals surface area contributed by atoms with Gasteiger partial charge in [-0.05, 0) is 68.2 Å². The number of anilines is 1. The molecule has 1 aromatic carbocycles. The number of nitrogens with two attached hydrogens (primary N) is 1. The Balaban J connectivity index is 0.00000304. The van der Waals surface area contributed by atoms with Crippen LogP contribution in [-0.4, -0.2) is 76.3 Å². The minimum absolute atomic E-state index is 0.151. The predicted octanol–water partition coefficient (Wildman–Crippen LogP) is 6.76. The van der Waals surface area contributed by atoms with Gasteiger partial charge in [-0.25, -0.2) is 9.59 Å². The fourth-order valence-corrected chi connectivity index (χ4v) is 6.42. The molecular weight excluding hydrogens is 751 g/mol. The summed E-state index contributed by atoms with van der Waals surface area (Å²) in [4.78, 5) is 79.1. The Morgan fingerprint density at radius 3 is 2.07 bits per heavy atom. The lowest BCUT2D eigenvalue weighted by atomic mass is 10.0. The number of urea groups is 1. The summed E-state index contributed by atoms with van der Waals surface area (Å²) >= 11 is 1.72. The number of hydrogen-bond donors (Lipinski definition) is 7. The van der Waals surface area contributed by atoms with Gasteiger partial charge in [0.25, 0.3) is 5.91 Å². The number of rotatable bonds is 25. The van der Waals surface area contributed by atoms with Crippen molar-refractivity contribution in [1.29, 1.82) is 0 Å². The van der Waals surface area contributed by atoms with Gasteiger partial charge in [0.2, 0.25) is 17.7 Å². The fraction of sp³-hybridized carbons (Fsp3) is 0.585. The number of carbonyl (C=O) groups is 6. The third kappa shape index (κ3) is 22.5. The number of hydrogen-bond acceptors (Lipinski definition) is 9. The second-order valence-corrected chi connectivity index (χ2v) is 15.3. The maximum absolute atomic E-state index is 13.4. The molecule has 0 saturated heterocycles. The molecule has 0 radical (unpaired) electrons. The third-order valence-corrected chi connectivity index (χ3v) is 10.2. The van der Waals surface area contributed by atoms with Crippen molar-refractivity contribution in [1.82, 2.24) is 26.3 Å². The van der Waals surface area contributed by atoms with E-state index in [1.54, 1.807) is 62.3 Å². The molecule has 2 aromatic rings. The van der Waals surface area contributed by atoms with Gasteiger partial charge < -0.3 is 42.2 Å². The van der Waals surface area contributed by atoms with E-state index in [1.807, 2.05) is 6.07 Å².